The minimum absolute atomic E-state index is 0.0232. The van der Waals surface area contributed by atoms with Crippen molar-refractivity contribution >= 4 is 45.1 Å². The number of nitrogens with zero attached hydrogens (tertiary/aromatic N) is 4. The zero-order valence-corrected chi connectivity index (χ0v) is 13.1. The average Bonchev–Trinajstić information content (AvgIpc) is 3.01. The Hall–Kier alpha value is -2.19. The summed E-state index contributed by atoms with van der Waals surface area (Å²) in [5.41, 5.74) is 1.92. The number of rotatable bonds is 4. The highest BCUT2D eigenvalue weighted by Crippen LogP contribution is 2.21. The normalized spacial score (nSPS) is 10.9. The first kappa shape index (κ1) is 15.7. The van der Waals surface area contributed by atoms with Gasteiger partial charge in [0, 0.05) is 5.56 Å². The fraction of sp³-hybridized carbons (Fsp3) is 0.143. The van der Waals surface area contributed by atoms with E-state index in [1.54, 1.807) is 5.51 Å². The third-order valence-electron chi connectivity index (χ3n) is 3.11. The SMILES string of the molecule is O=C(CCl)N(Cc1c(F)cccc1F)c1ncc2ncsc2n1. The Morgan fingerprint density at radius 1 is 1.26 bits per heavy atom. The fourth-order valence-electron chi connectivity index (χ4n) is 1.97. The molecule has 2 aromatic heterocycles. The number of amides is 1. The van der Waals surface area contributed by atoms with Crippen LogP contribution in [0, 0.1) is 11.6 Å². The van der Waals surface area contributed by atoms with Crippen LogP contribution in [0.2, 0.25) is 0 Å². The highest BCUT2D eigenvalue weighted by Gasteiger charge is 2.22. The molecular formula is C14H9ClF2N4OS. The van der Waals surface area contributed by atoms with Gasteiger partial charge in [-0.15, -0.1) is 22.9 Å². The van der Waals surface area contributed by atoms with Gasteiger partial charge in [0.05, 0.1) is 18.3 Å². The molecule has 0 spiro atoms. The molecule has 5 nitrogen and oxygen atoms in total. The molecule has 0 fully saturated rings. The summed E-state index contributed by atoms with van der Waals surface area (Å²) in [5, 5.41) is 0. The number of anilines is 1. The maximum atomic E-state index is 13.8. The standard InChI is InChI=1S/C14H9ClF2N4OS/c15-4-12(22)21(6-8-9(16)2-1-3-10(8)17)14-18-5-11-13(20-14)23-7-19-11/h1-3,5,7H,4,6H2. The lowest BCUT2D eigenvalue weighted by Gasteiger charge is -2.20. The number of hydrogen-bond acceptors (Lipinski definition) is 5. The summed E-state index contributed by atoms with van der Waals surface area (Å²) < 4.78 is 27.7. The van der Waals surface area contributed by atoms with E-state index in [1.165, 1.54) is 23.6 Å². The molecular weight excluding hydrogens is 346 g/mol. The van der Waals surface area contributed by atoms with Crippen LogP contribution in [-0.2, 0) is 11.3 Å². The Bertz CT molecular complexity index is 853. The maximum Gasteiger partial charge on any atom is 0.244 e. The van der Waals surface area contributed by atoms with Gasteiger partial charge in [0.25, 0.3) is 0 Å². The molecule has 0 saturated carbocycles. The van der Waals surface area contributed by atoms with Gasteiger partial charge in [-0.2, -0.15) is 4.98 Å². The van der Waals surface area contributed by atoms with Crippen LogP contribution in [0.5, 0.6) is 0 Å². The highest BCUT2D eigenvalue weighted by molar-refractivity contribution is 7.16. The van der Waals surface area contributed by atoms with Gasteiger partial charge in [0.15, 0.2) is 0 Å². The van der Waals surface area contributed by atoms with Crippen molar-refractivity contribution in [3.8, 4) is 0 Å². The summed E-state index contributed by atoms with van der Waals surface area (Å²) in [5.74, 6) is -2.40. The van der Waals surface area contributed by atoms with E-state index in [9.17, 15) is 13.6 Å². The molecule has 0 aliphatic carbocycles. The van der Waals surface area contributed by atoms with Crippen molar-refractivity contribution in [2.75, 3.05) is 10.8 Å². The topological polar surface area (TPSA) is 59.0 Å². The second kappa shape index (κ2) is 6.51. The van der Waals surface area contributed by atoms with Crippen LogP contribution in [-0.4, -0.2) is 26.7 Å². The minimum Gasteiger partial charge on any atom is -0.275 e. The van der Waals surface area contributed by atoms with E-state index in [1.807, 2.05) is 0 Å². The molecule has 9 heteroatoms. The number of fused-ring (bicyclic) bond motifs is 1. The molecule has 23 heavy (non-hydrogen) atoms. The van der Waals surface area contributed by atoms with Gasteiger partial charge in [0.1, 0.15) is 27.9 Å². The van der Waals surface area contributed by atoms with Crippen LogP contribution >= 0.6 is 22.9 Å². The molecule has 1 amide bonds. The number of alkyl halides is 1. The molecule has 0 saturated heterocycles. The molecule has 0 atom stereocenters. The van der Waals surface area contributed by atoms with E-state index in [-0.39, 0.29) is 23.9 Å². The molecule has 2 heterocycles. The molecule has 0 unspecified atom stereocenters. The first-order valence-electron chi connectivity index (χ1n) is 6.45. The third kappa shape index (κ3) is 3.13. The third-order valence-corrected chi connectivity index (χ3v) is 4.08. The van der Waals surface area contributed by atoms with Crippen molar-refractivity contribution in [2.45, 2.75) is 6.54 Å². The number of hydrogen-bond donors (Lipinski definition) is 0. The van der Waals surface area contributed by atoms with Gasteiger partial charge < -0.3 is 0 Å². The average molecular weight is 355 g/mol. The Morgan fingerprint density at radius 2 is 2.00 bits per heavy atom. The zero-order valence-electron chi connectivity index (χ0n) is 11.5. The number of benzene rings is 1. The zero-order chi connectivity index (χ0) is 16.4. The maximum absolute atomic E-state index is 13.8. The van der Waals surface area contributed by atoms with Crippen LogP contribution < -0.4 is 4.90 Å². The van der Waals surface area contributed by atoms with E-state index < -0.39 is 17.5 Å². The van der Waals surface area contributed by atoms with Crippen LogP contribution in [0.1, 0.15) is 5.56 Å². The Morgan fingerprint density at radius 3 is 2.70 bits per heavy atom. The lowest BCUT2D eigenvalue weighted by atomic mass is 10.2. The van der Waals surface area contributed by atoms with E-state index >= 15 is 0 Å². The van der Waals surface area contributed by atoms with Gasteiger partial charge in [-0.3, -0.25) is 9.69 Å². The second-order valence-electron chi connectivity index (χ2n) is 4.53. The quantitative estimate of drug-likeness (QED) is 0.675. The van der Waals surface area contributed by atoms with Crippen molar-refractivity contribution in [2.24, 2.45) is 0 Å². The van der Waals surface area contributed by atoms with Crippen molar-refractivity contribution < 1.29 is 13.6 Å². The van der Waals surface area contributed by atoms with E-state index in [0.717, 1.165) is 17.0 Å². The van der Waals surface area contributed by atoms with Crippen LogP contribution in [0.15, 0.2) is 29.9 Å². The van der Waals surface area contributed by atoms with Crippen molar-refractivity contribution in [3.63, 3.8) is 0 Å². The summed E-state index contributed by atoms with van der Waals surface area (Å²) in [4.78, 5) is 26.0. The van der Waals surface area contributed by atoms with Crippen LogP contribution in [0.4, 0.5) is 14.7 Å². The predicted octanol–water partition coefficient (Wildman–Crippen LogP) is 3.14. The summed E-state index contributed by atoms with van der Waals surface area (Å²) in [7, 11) is 0. The van der Waals surface area contributed by atoms with Crippen molar-refractivity contribution in [1.29, 1.82) is 0 Å². The minimum atomic E-state index is -0.753. The molecule has 118 valence electrons. The van der Waals surface area contributed by atoms with Gasteiger partial charge in [-0.1, -0.05) is 6.07 Å². The number of aromatic nitrogens is 3. The molecule has 1 aromatic carbocycles. The van der Waals surface area contributed by atoms with Gasteiger partial charge >= 0.3 is 0 Å². The van der Waals surface area contributed by atoms with Crippen LogP contribution in [0.3, 0.4) is 0 Å². The number of carbonyl (C=O) groups is 1. The molecule has 0 aliphatic heterocycles. The molecule has 0 bridgehead atoms. The lowest BCUT2D eigenvalue weighted by molar-refractivity contribution is -0.116. The Kier molecular flexibility index (Phi) is 4.44. The molecule has 0 N–H and O–H groups in total. The number of carbonyl (C=O) groups excluding carboxylic acids is 1. The molecule has 0 aliphatic rings. The fourth-order valence-corrected chi connectivity index (χ4v) is 2.74. The number of thiazole rings is 1. The summed E-state index contributed by atoms with van der Waals surface area (Å²) in [6.07, 6.45) is 1.44. The van der Waals surface area contributed by atoms with Gasteiger partial charge in [-0.25, -0.2) is 18.7 Å². The first-order valence-corrected chi connectivity index (χ1v) is 7.87. The highest BCUT2D eigenvalue weighted by atomic mass is 35.5. The van der Waals surface area contributed by atoms with E-state index in [4.69, 9.17) is 11.6 Å². The van der Waals surface area contributed by atoms with E-state index in [0.29, 0.717) is 10.3 Å². The largest absolute Gasteiger partial charge is 0.275 e. The number of halogens is 3. The smallest absolute Gasteiger partial charge is 0.244 e. The monoisotopic (exact) mass is 354 g/mol. The molecule has 3 aromatic rings. The van der Waals surface area contributed by atoms with E-state index in [2.05, 4.69) is 15.0 Å². The second-order valence-corrected chi connectivity index (χ2v) is 5.63. The summed E-state index contributed by atoms with van der Waals surface area (Å²) in [6.45, 7) is -0.353. The Labute approximate surface area is 138 Å². The summed E-state index contributed by atoms with van der Waals surface area (Å²) in [6, 6.07) is 3.49. The molecule has 0 radical (unpaired) electrons. The Balaban J connectivity index is 2.02. The summed E-state index contributed by atoms with van der Waals surface area (Å²) >= 11 is 6.87. The first-order chi connectivity index (χ1) is 11.1. The molecule has 3 rings (SSSR count). The van der Waals surface area contributed by atoms with Crippen molar-refractivity contribution in [3.05, 3.63) is 47.1 Å². The van der Waals surface area contributed by atoms with Crippen molar-refractivity contribution in [1.82, 2.24) is 15.0 Å². The van der Waals surface area contributed by atoms with Crippen LogP contribution in [0.25, 0.3) is 10.3 Å². The van der Waals surface area contributed by atoms with Gasteiger partial charge in [-0.05, 0) is 12.1 Å². The lowest BCUT2D eigenvalue weighted by Crippen LogP contribution is -2.33. The van der Waals surface area contributed by atoms with Gasteiger partial charge in [0.2, 0.25) is 11.9 Å². The predicted molar refractivity (Wildman–Crippen MR) is 83.5 cm³/mol.